The predicted molar refractivity (Wildman–Crippen MR) is 87.8 cm³/mol. The molecule has 1 aliphatic heterocycles. The van der Waals surface area contributed by atoms with Crippen LogP contribution in [0.2, 0.25) is 5.02 Å². The molecule has 1 aliphatic rings. The van der Waals surface area contributed by atoms with Crippen LogP contribution in [0.25, 0.3) is 0 Å². The zero-order chi connectivity index (χ0) is 14.5. The second-order valence-corrected chi connectivity index (χ2v) is 6.02. The number of halogens is 1. The van der Waals surface area contributed by atoms with Gasteiger partial charge >= 0.3 is 0 Å². The van der Waals surface area contributed by atoms with Crippen molar-refractivity contribution < 1.29 is 0 Å². The number of anilines is 1. The van der Waals surface area contributed by atoms with Crippen LogP contribution < -0.4 is 10.2 Å². The molecule has 1 aromatic rings. The first-order valence-electron chi connectivity index (χ1n) is 7.57. The summed E-state index contributed by atoms with van der Waals surface area (Å²) in [6, 6.07) is 6.91. The number of benzene rings is 1. The summed E-state index contributed by atoms with van der Waals surface area (Å²) in [6.07, 6.45) is 1.22. The van der Waals surface area contributed by atoms with E-state index in [0.717, 1.165) is 37.7 Å². The SMILES string of the molecule is CCC(C)N1CCN(c2cc(Cl)ccc2CNC)CC1. The van der Waals surface area contributed by atoms with Gasteiger partial charge < -0.3 is 10.2 Å². The Kier molecular flexibility index (Phi) is 5.70. The predicted octanol–water partition coefficient (Wildman–Crippen LogP) is 2.98. The van der Waals surface area contributed by atoms with Crippen LogP contribution in [-0.4, -0.2) is 44.2 Å². The minimum Gasteiger partial charge on any atom is -0.369 e. The summed E-state index contributed by atoms with van der Waals surface area (Å²) in [7, 11) is 1.99. The van der Waals surface area contributed by atoms with Gasteiger partial charge in [-0.05, 0) is 38.1 Å². The molecule has 1 saturated heterocycles. The number of rotatable bonds is 5. The number of nitrogens with zero attached hydrogens (tertiary/aromatic N) is 2. The normalized spacial score (nSPS) is 18.3. The topological polar surface area (TPSA) is 18.5 Å². The average molecular weight is 296 g/mol. The second-order valence-electron chi connectivity index (χ2n) is 5.58. The molecule has 1 heterocycles. The summed E-state index contributed by atoms with van der Waals surface area (Å²) < 4.78 is 0. The molecule has 20 heavy (non-hydrogen) atoms. The molecule has 1 unspecified atom stereocenters. The van der Waals surface area contributed by atoms with Gasteiger partial charge in [-0.2, -0.15) is 0 Å². The molecule has 4 heteroatoms. The number of hydrogen-bond donors (Lipinski definition) is 1. The van der Waals surface area contributed by atoms with Gasteiger partial charge in [0, 0.05) is 49.5 Å². The number of hydrogen-bond acceptors (Lipinski definition) is 3. The third kappa shape index (κ3) is 3.66. The van der Waals surface area contributed by atoms with Gasteiger partial charge in [0.1, 0.15) is 0 Å². The smallest absolute Gasteiger partial charge is 0.0427 e. The lowest BCUT2D eigenvalue weighted by Gasteiger charge is -2.39. The Morgan fingerprint density at radius 1 is 1.25 bits per heavy atom. The molecule has 3 nitrogen and oxygen atoms in total. The standard InChI is InChI=1S/C16H26ClN3/c1-4-13(2)19-7-9-20(10-8-19)16-11-15(17)6-5-14(16)12-18-3/h5-6,11,13,18H,4,7-10,12H2,1-3H3. The van der Waals surface area contributed by atoms with Crippen LogP contribution in [0.15, 0.2) is 18.2 Å². The minimum absolute atomic E-state index is 0.688. The molecule has 0 amide bonds. The highest BCUT2D eigenvalue weighted by Crippen LogP contribution is 2.26. The lowest BCUT2D eigenvalue weighted by atomic mass is 10.1. The van der Waals surface area contributed by atoms with Crippen LogP contribution in [-0.2, 0) is 6.54 Å². The van der Waals surface area contributed by atoms with Crippen molar-refractivity contribution in [3.8, 4) is 0 Å². The van der Waals surface area contributed by atoms with Crippen molar-refractivity contribution in [2.45, 2.75) is 32.9 Å². The first-order chi connectivity index (χ1) is 9.65. The van der Waals surface area contributed by atoms with Crippen molar-refractivity contribution in [2.24, 2.45) is 0 Å². The molecule has 112 valence electrons. The Morgan fingerprint density at radius 2 is 1.95 bits per heavy atom. The molecule has 1 aromatic carbocycles. The van der Waals surface area contributed by atoms with E-state index in [1.165, 1.54) is 17.7 Å². The van der Waals surface area contributed by atoms with Crippen molar-refractivity contribution >= 4 is 17.3 Å². The average Bonchev–Trinajstić information content (AvgIpc) is 2.48. The molecular formula is C16H26ClN3. The van der Waals surface area contributed by atoms with Crippen molar-refractivity contribution in [1.29, 1.82) is 0 Å². The highest BCUT2D eigenvalue weighted by atomic mass is 35.5. The van der Waals surface area contributed by atoms with E-state index in [1.54, 1.807) is 0 Å². The Hall–Kier alpha value is -0.770. The van der Waals surface area contributed by atoms with Gasteiger partial charge in [0.2, 0.25) is 0 Å². The first kappa shape index (κ1) is 15.6. The number of piperazine rings is 1. The summed E-state index contributed by atoms with van der Waals surface area (Å²) in [5, 5.41) is 4.06. The highest BCUT2D eigenvalue weighted by Gasteiger charge is 2.21. The van der Waals surface area contributed by atoms with E-state index in [4.69, 9.17) is 11.6 Å². The van der Waals surface area contributed by atoms with Gasteiger partial charge in [-0.1, -0.05) is 24.6 Å². The molecular weight excluding hydrogens is 270 g/mol. The van der Waals surface area contributed by atoms with Crippen molar-refractivity contribution in [3.05, 3.63) is 28.8 Å². The maximum Gasteiger partial charge on any atom is 0.0427 e. The molecule has 1 N–H and O–H groups in total. The second kappa shape index (κ2) is 7.30. The molecule has 2 rings (SSSR count). The fourth-order valence-electron chi connectivity index (χ4n) is 2.83. The fraction of sp³-hybridized carbons (Fsp3) is 0.625. The molecule has 1 fully saturated rings. The third-order valence-corrected chi connectivity index (χ3v) is 4.52. The van der Waals surface area contributed by atoms with E-state index in [0.29, 0.717) is 6.04 Å². The minimum atomic E-state index is 0.688. The molecule has 0 radical (unpaired) electrons. The van der Waals surface area contributed by atoms with E-state index in [2.05, 4.69) is 41.1 Å². The van der Waals surface area contributed by atoms with Crippen LogP contribution >= 0.6 is 11.6 Å². The van der Waals surface area contributed by atoms with Gasteiger partial charge in [-0.15, -0.1) is 0 Å². The van der Waals surface area contributed by atoms with Crippen molar-refractivity contribution in [3.63, 3.8) is 0 Å². The van der Waals surface area contributed by atoms with Crippen molar-refractivity contribution in [2.75, 3.05) is 38.1 Å². The monoisotopic (exact) mass is 295 g/mol. The molecule has 0 bridgehead atoms. The maximum absolute atomic E-state index is 6.18. The zero-order valence-electron chi connectivity index (χ0n) is 12.8. The summed E-state index contributed by atoms with van der Waals surface area (Å²) in [5.74, 6) is 0. The lowest BCUT2D eigenvalue weighted by molar-refractivity contribution is 0.192. The Bertz CT molecular complexity index is 428. The number of nitrogens with one attached hydrogen (secondary N) is 1. The lowest BCUT2D eigenvalue weighted by Crippen LogP contribution is -2.49. The van der Waals surface area contributed by atoms with E-state index >= 15 is 0 Å². The summed E-state index contributed by atoms with van der Waals surface area (Å²) >= 11 is 6.18. The van der Waals surface area contributed by atoms with Gasteiger partial charge in [-0.3, -0.25) is 4.90 Å². The summed E-state index contributed by atoms with van der Waals surface area (Å²) in [6.45, 7) is 9.92. The molecule has 0 spiro atoms. The third-order valence-electron chi connectivity index (χ3n) is 4.28. The van der Waals surface area contributed by atoms with Crippen molar-refractivity contribution in [1.82, 2.24) is 10.2 Å². The molecule has 0 aromatic heterocycles. The van der Waals surface area contributed by atoms with Crippen LogP contribution in [0.1, 0.15) is 25.8 Å². The van der Waals surface area contributed by atoms with Gasteiger partial charge in [0.25, 0.3) is 0 Å². The largest absolute Gasteiger partial charge is 0.369 e. The fourth-order valence-corrected chi connectivity index (χ4v) is 3.00. The van der Waals surface area contributed by atoms with Crippen LogP contribution in [0.5, 0.6) is 0 Å². The van der Waals surface area contributed by atoms with Gasteiger partial charge in [-0.25, -0.2) is 0 Å². The molecule has 0 saturated carbocycles. The van der Waals surface area contributed by atoms with Gasteiger partial charge in [0.15, 0.2) is 0 Å². The van der Waals surface area contributed by atoms with E-state index in [9.17, 15) is 0 Å². The van der Waals surface area contributed by atoms with Gasteiger partial charge in [0.05, 0.1) is 0 Å². The summed E-state index contributed by atoms with van der Waals surface area (Å²) in [5.41, 5.74) is 2.62. The molecule has 0 aliphatic carbocycles. The highest BCUT2D eigenvalue weighted by molar-refractivity contribution is 6.30. The Balaban J connectivity index is 2.08. The van der Waals surface area contributed by atoms with E-state index in [-0.39, 0.29) is 0 Å². The van der Waals surface area contributed by atoms with E-state index < -0.39 is 0 Å². The van der Waals surface area contributed by atoms with Crippen LogP contribution in [0.4, 0.5) is 5.69 Å². The van der Waals surface area contributed by atoms with Crippen LogP contribution in [0.3, 0.4) is 0 Å². The molecule has 1 atom stereocenters. The Morgan fingerprint density at radius 3 is 2.55 bits per heavy atom. The maximum atomic E-state index is 6.18. The van der Waals surface area contributed by atoms with E-state index in [1.807, 2.05) is 13.1 Å². The zero-order valence-corrected chi connectivity index (χ0v) is 13.6. The quantitative estimate of drug-likeness (QED) is 0.901. The summed E-state index contributed by atoms with van der Waals surface area (Å²) in [4.78, 5) is 5.05. The first-order valence-corrected chi connectivity index (χ1v) is 7.95. The van der Waals surface area contributed by atoms with Crippen LogP contribution in [0, 0.1) is 0 Å². The Labute approximate surface area is 127 Å².